The Kier molecular flexibility index (Phi) is 4.09. The van der Waals surface area contributed by atoms with E-state index in [0.29, 0.717) is 12.6 Å². The molecule has 2 nitrogen and oxygen atoms in total. The van der Waals surface area contributed by atoms with Crippen molar-refractivity contribution in [3.05, 3.63) is 33.5 Å². The van der Waals surface area contributed by atoms with Crippen LogP contribution in [0.15, 0.2) is 16.6 Å². The molecule has 20 heavy (non-hydrogen) atoms. The first-order valence-corrected chi connectivity index (χ1v) is 6.89. The number of likely N-dealkylation sites (tertiary alicyclic amines) is 1. The van der Waals surface area contributed by atoms with Crippen LogP contribution in [0.5, 0.6) is 0 Å². The van der Waals surface area contributed by atoms with Crippen LogP contribution in [-0.4, -0.2) is 23.4 Å². The molecule has 1 aromatic carbocycles. The number of rotatable bonds is 1. The van der Waals surface area contributed by atoms with Gasteiger partial charge in [-0.25, -0.2) is 4.39 Å². The van der Waals surface area contributed by atoms with E-state index in [4.69, 9.17) is 0 Å². The van der Waals surface area contributed by atoms with Crippen molar-refractivity contribution in [2.75, 3.05) is 6.54 Å². The van der Waals surface area contributed by atoms with E-state index in [2.05, 4.69) is 15.9 Å². The second-order valence-electron chi connectivity index (χ2n) is 4.77. The Hall–Kier alpha value is -1.11. The molecule has 0 spiro atoms. The van der Waals surface area contributed by atoms with Crippen LogP contribution < -0.4 is 0 Å². The lowest BCUT2D eigenvalue weighted by Crippen LogP contribution is -2.34. The largest absolute Gasteiger partial charge is 0.419 e. The Balaban J connectivity index is 2.48. The van der Waals surface area contributed by atoms with Gasteiger partial charge >= 0.3 is 6.18 Å². The predicted octanol–water partition coefficient (Wildman–Crippen LogP) is 4.23. The van der Waals surface area contributed by atoms with Gasteiger partial charge in [-0.1, -0.05) is 0 Å². The second kappa shape index (κ2) is 5.35. The molecule has 0 bridgehead atoms. The van der Waals surface area contributed by atoms with E-state index in [-0.39, 0.29) is 10.5 Å². The van der Waals surface area contributed by atoms with Crippen molar-refractivity contribution >= 4 is 21.8 Å². The highest BCUT2D eigenvalue weighted by Gasteiger charge is 2.38. The molecule has 2 rings (SSSR count). The van der Waals surface area contributed by atoms with Gasteiger partial charge in [0.2, 0.25) is 0 Å². The number of carbonyl (C=O) groups is 1. The van der Waals surface area contributed by atoms with Crippen molar-refractivity contribution in [3.8, 4) is 0 Å². The summed E-state index contributed by atoms with van der Waals surface area (Å²) in [5.41, 5.74) is -1.97. The average molecular weight is 354 g/mol. The Morgan fingerprint density at radius 3 is 2.55 bits per heavy atom. The summed E-state index contributed by atoms with van der Waals surface area (Å²) in [6.07, 6.45) is -3.29. The van der Waals surface area contributed by atoms with E-state index in [9.17, 15) is 22.4 Å². The Bertz CT molecular complexity index is 544. The Morgan fingerprint density at radius 1 is 1.40 bits per heavy atom. The molecule has 1 aromatic rings. The molecule has 0 radical (unpaired) electrons. The zero-order valence-corrected chi connectivity index (χ0v) is 12.2. The zero-order chi connectivity index (χ0) is 15.1. The fourth-order valence-electron chi connectivity index (χ4n) is 2.35. The molecule has 1 fully saturated rings. The van der Waals surface area contributed by atoms with E-state index >= 15 is 0 Å². The highest BCUT2D eigenvalue weighted by atomic mass is 79.9. The van der Waals surface area contributed by atoms with Crippen molar-refractivity contribution in [2.45, 2.75) is 32.0 Å². The normalized spacial score (nSPS) is 19.5. The number of hydrogen-bond acceptors (Lipinski definition) is 1. The third-order valence-electron chi connectivity index (χ3n) is 3.42. The molecular weight excluding hydrogens is 342 g/mol. The summed E-state index contributed by atoms with van der Waals surface area (Å²) in [6.45, 7) is 2.23. The van der Waals surface area contributed by atoms with Gasteiger partial charge in [-0.15, -0.1) is 0 Å². The average Bonchev–Trinajstić information content (AvgIpc) is 2.73. The van der Waals surface area contributed by atoms with Gasteiger partial charge in [0, 0.05) is 17.1 Å². The van der Waals surface area contributed by atoms with Crippen LogP contribution in [-0.2, 0) is 6.18 Å². The smallest absolute Gasteiger partial charge is 0.336 e. The maximum atomic E-state index is 14.1. The molecule has 1 atom stereocenters. The summed E-state index contributed by atoms with van der Waals surface area (Å²) >= 11 is 2.96. The van der Waals surface area contributed by atoms with Crippen LogP contribution in [0.4, 0.5) is 17.6 Å². The summed E-state index contributed by atoms with van der Waals surface area (Å²) < 4.78 is 52.2. The van der Waals surface area contributed by atoms with Crippen LogP contribution in [0.2, 0.25) is 0 Å². The minimum absolute atomic E-state index is 0.0344. The lowest BCUT2D eigenvalue weighted by atomic mass is 10.1. The van der Waals surface area contributed by atoms with E-state index < -0.39 is 29.0 Å². The minimum atomic E-state index is -4.82. The topological polar surface area (TPSA) is 20.3 Å². The molecule has 1 amide bonds. The standard InChI is InChI=1S/C13H12BrF4NO/c1-7-3-2-6-19(7)12(20)10-9(14)5-4-8(11(10)15)13(16,17)18/h4-5,7H,2-3,6H2,1H3/t7-/m0/s1. The maximum Gasteiger partial charge on any atom is 0.419 e. The highest BCUT2D eigenvalue weighted by Crippen LogP contribution is 2.36. The summed E-state index contributed by atoms with van der Waals surface area (Å²) in [4.78, 5) is 13.7. The van der Waals surface area contributed by atoms with Crippen molar-refractivity contribution in [1.82, 2.24) is 4.90 Å². The van der Waals surface area contributed by atoms with Gasteiger partial charge in [0.25, 0.3) is 5.91 Å². The lowest BCUT2D eigenvalue weighted by Gasteiger charge is -2.23. The van der Waals surface area contributed by atoms with E-state index in [1.807, 2.05) is 0 Å². The van der Waals surface area contributed by atoms with Gasteiger partial charge in [-0.3, -0.25) is 4.79 Å². The van der Waals surface area contributed by atoms with E-state index in [1.54, 1.807) is 6.92 Å². The molecule has 1 aliphatic rings. The molecule has 7 heteroatoms. The first-order chi connectivity index (χ1) is 9.23. The van der Waals surface area contributed by atoms with Crippen molar-refractivity contribution in [2.24, 2.45) is 0 Å². The number of alkyl halides is 3. The van der Waals surface area contributed by atoms with Gasteiger partial charge in [-0.05, 0) is 47.8 Å². The maximum absolute atomic E-state index is 14.1. The van der Waals surface area contributed by atoms with Crippen LogP contribution in [0.3, 0.4) is 0 Å². The molecule has 1 heterocycles. The predicted molar refractivity (Wildman–Crippen MR) is 68.8 cm³/mol. The number of carbonyl (C=O) groups excluding carboxylic acids is 1. The lowest BCUT2D eigenvalue weighted by molar-refractivity contribution is -0.140. The van der Waals surface area contributed by atoms with Gasteiger partial charge < -0.3 is 4.90 Å². The zero-order valence-electron chi connectivity index (χ0n) is 10.6. The van der Waals surface area contributed by atoms with E-state index in [1.165, 1.54) is 4.90 Å². The Labute approximate surface area is 121 Å². The summed E-state index contributed by atoms with van der Waals surface area (Å²) in [7, 11) is 0. The number of amides is 1. The van der Waals surface area contributed by atoms with Crippen LogP contribution in [0.1, 0.15) is 35.7 Å². The molecule has 110 valence electrons. The summed E-state index contributed by atoms with van der Waals surface area (Å²) in [5.74, 6) is -2.22. The second-order valence-corrected chi connectivity index (χ2v) is 5.63. The minimum Gasteiger partial charge on any atom is -0.336 e. The molecular formula is C13H12BrF4NO. The number of benzene rings is 1. The fourth-order valence-corrected chi connectivity index (χ4v) is 2.82. The van der Waals surface area contributed by atoms with Gasteiger partial charge in [0.05, 0.1) is 11.1 Å². The molecule has 1 aliphatic heterocycles. The van der Waals surface area contributed by atoms with Crippen LogP contribution >= 0.6 is 15.9 Å². The van der Waals surface area contributed by atoms with Crippen LogP contribution in [0, 0.1) is 5.82 Å². The van der Waals surface area contributed by atoms with Crippen molar-refractivity contribution in [3.63, 3.8) is 0 Å². The monoisotopic (exact) mass is 353 g/mol. The molecule has 0 unspecified atom stereocenters. The number of nitrogens with zero attached hydrogens (tertiary/aromatic N) is 1. The number of hydrogen-bond donors (Lipinski definition) is 0. The van der Waals surface area contributed by atoms with Crippen LogP contribution in [0.25, 0.3) is 0 Å². The van der Waals surface area contributed by atoms with E-state index in [0.717, 1.165) is 18.9 Å². The van der Waals surface area contributed by atoms with Gasteiger partial charge in [0.1, 0.15) is 5.82 Å². The van der Waals surface area contributed by atoms with Gasteiger partial charge in [0.15, 0.2) is 0 Å². The molecule has 0 saturated carbocycles. The first kappa shape index (κ1) is 15.3. The quantitative estimate of drug-likeness (QED) is 0.691. The summed E-state index contributed by atoms with van der Waals surface area (Å²) in [5, 5.41) is 0. The SMILES string of the molecule is C[C@H]1CCCN1C(=O)c1c(Br)ccc(C(F)(F)F)c1F. The third kappa shape index (κ3) is 2.68. The fraction of sp³-hybridized carbons (Fsp3) is 0.462. The molecule has 0 N–H and O–H groups in total. The molecule has 0 aliphatic carbocycles. The first-order valence-electron chi connectivity index (χ1n) is 6.09. The number of halogens is 5. The van der Waals surface area contributed by atoms with Crippen molar-refractivity contribution in [1.29, 1.82) is 0 Å². The third-order valence-corrected chi connectivity index (χ3v) is 4.09. The van der Waals surface area contributed by atoms with Crippen molar-refractivity contribution < 1.29 is 22.4 Å². The summed E-state index contributed by atoms with van der Waals surface area (Å²) in [6, 6.07) is 1.59. The Morgan fingerprint density at radius 2 is 2.05 bits per heavy atom. The van der Waals surface area contributed by atoms with Gasteiger partial charge in [-0.2, -0.15) is 13.2 Å². The molecule has 0 aromatic heterocycles. The highest BCUT2D eigenvalue weighted by molar-refractivity contribution is 9.10. The molecule has 1 saturated heterocycles.